The lowest BCUT2D eigenvalue weighted by atomic mass is 10.0. The number of hydrogen-bond acceptors (Lipinski definition) is 6. The number of aromatic nitrogens is 3. The first-order valence-corrected chi connectivity index (χ1v) is 11.9. The maximum atomic E-state index is 13.6. The Morgan fingerprint density at radius 3 is 2.73 bits per heavy atom. The molecule has 1 fully saturated rings. The minimum atomic E-state index is -0.299. The number of fused-ring (bicyclic) bond motifs is 1. The molecule has 2 aromatic heterocycles. The number of anilines is 1. The monoisotopic (exact) mass is 461 g/mol. The van der Waals surface area contributed by atoms with Crippen LogP contribution < -0.4 is 5.32 Å². The molecule has 1 saturated heterocycles. The van der Waals surface area contributed by atoms with Crippen LogP contribution in [0.25, 0.3) is 21.5 Å². The number of para-hydroxylation sites is 2. The van der Waals surface area contributed by atoms with Crippen LogP contribution in [0, 0.1) is 12.7 Å². The van der Waals surface area contributed by atoms with Crippen LogP contribution in [0.2, 0.25) is 0 Å². The van der Waals surface area contributed by atoms with Crippen molar-refractivity contribution in [1.29, 1.82) is 0 Å². The number of carbonyl (C=O) groups excluding carboxylic acids is 1. The minimum absolute atomic E-state index is 0.0302. The van der Waals surface area contributed by atoms with Gasteiger partial charge in [-0.3, -0.25) is 9.78 Å². The van der Waals surface area contributed by atoms with Crippen molar-refractivity contribution >= 4 is 34.1 Å². The third-order valence-electron chi connectivity index (χ3n) is 5.90. The second kappa shape index (κ2) is 9.23. The van der Waals surface area contributed by atoms with Crippen LogP contribution in [0.4, 0.5) is 10.2 Å². The predicted octanol–water partition coefficient (Wildman–Crippen LogP) is 5.31. The maximum absolute atomic E-state index is 13.6. The third-order valence-corrected chi connectivity index (χ3v) is 6.92. The molecular formula is C25H24FN5OS. The van der Waals surface area contributed by atoms with Gasteiger partial charge in [-0.1, -0.05) is 24.3 Å². The van der Waals surface area contributed by atoms with E-state index < -0.39 is 0 Å². The number of piperidine rings is 1. The number of nitrogens with one attached hydrogen (secondary N) is 1. The number of rotatable bonds is 5. The van der Waals surface area contributed by atoms with Gasteiger partial charge in [0.2, 0.25) is 0 Å². The molecule has 3 heterocycles. The molecule has 1 amide bonds. The van der Waals surface area contributed by atoms with Gasteiger partial charge in [0.25, 0.3) is 5.91 Å². The molecule has 1 N–H and O–H groups in total. The van der Waals surface area contributed by atoms with Gasteiger partial charge in [-0.05, 0) is 56.0 Å². The van der Waals surface area contributed by atoms with E-state index in [1.54, 1.807) is 18.3 Å². The second-order valence-electron chi connectivity index (χ2n) is 8.19. The standard InChI is InChI=1S/C25H24FN5OS/c1-16-29-23(24(33-16)17-9-11-18(26)12-10-17)25(32)31-13-5-4-6-19(31)14-28-22-15-27-20-7-2-3-8-21(20)30-22/h2-3,7-12,15,19H,4-6,13-14H2,1H3,(H,28,30)/t19-/m1/s1. The van der Waals surface area contributed by atoms with Crippen LogP contribution in [0.3, 0.4) is 0 Å². The molecule has 0 unspecified atom stereocenters. The summed E-state index contributed by atoms with van der Waals surface area (Å²) in [5.74, 6) is 0.324. The van der Waals surface area contributed by atoms with E-state index in [1.165, 1.54) is 23.5 Å². The number of likely N-dealkylation sites (tertiary alicyclic amines) is 1. The summed E-state index contributed by atoms with van der Waals surface area (Å²) in [6, 6.07) is 14.0. The molecule has 5 rings (SSSR count). The average Bonchev–Trinajstić information content (AvgIpc) is 3.24. The zero-order chi connectivity index (χ0) is 22.8. The maximum Gasteiger partial charge on any atom is 0.274 e. The zero-order valence-corrected chi connectivity index (χ0v) is 19.1. The summed E-state index contributed by atoms with van der Waals surface area (Å²) in [5.41, 5.74) is 2.94. The molecule has 0 saturated carbocycles. The fraction of sp³-hybridized carbons (Fsp3) is 0.280. The van der Waals surface area contributed by atoms with Gasteiger partial charge in [0.05, 0.1) is 27.1 Å². The van der Waals surface area contributed by atoms with Gasteiger partial charge in [-0.25, -0.2) is 14.4 Å². The Bertz CT molecular complexity index is 1290. The zero-order valence-electron chi connectivity index (χ0n) is 18.3. The van der Waals surface area contributed by atoms with Gasteiger partial charge in [0, 0.05) is 19.1 Å². The van der Waals surface area contributed by atoms with E-state index in [9.17, 15) is 9.18 Å². The summed E-state index contributed by atoms with van der Waals surface area (Å²) in [6.07, 6.45) is 4.68. The van der Waals surface area contributed by atoms with Crippen molar-refractivity contribution in [2.24, 2.45) is 0 Å². The van der Waals surface area contributed by atoms with Crippen LogP contribution in [0.1, 0.15) is 34.8 Å². The van der Waals surface area contributed by atoms with Crippen molar-refractivity contribution in [2.45, 2.75) is 32.2 Å². The number of thiazole rings is 1. The average molecular weight is 462 g/mol. The molecule has 1 aliphatic rings. The van der Waals surface area contributed by atoms with Crippen LogP contribution in [-0.2, 0) is 0 Å². The highest BCUT2D eigenvalue weighted by Gasteiger charge is 2.31. The van der Waals surface area contributed by atoms with E-state index in [0.717, 1.165) is 45.7 Å². The first-order chi connectivity index (χ1) is 16.1. The highest BCUT2D eigenvalue weighted by molar-refractivity contribution is 7.15. The fourth-order valence-electron chi connectivity index (χ4n) is 4.25. The van der Waals surface area contributed by atoms with Crippen LogP contribution >= 0.6 is 11.3 Å². The van der Waals surface area contributed by atoms with Crippen LogP contribution in [0.15, 0.2) is 54.7 Å². The number of hydrogen-bond donors (Lipinski definition) is 1. The topological polar surface area (TPSA) is 71.0 Å². The smallest absolute Gasteiger partial charge is 0.274 e. The van der Waals surface area contributed by atoms with Crippen LogP contribution in [-0.4, -0.2) is 44.9 Å². The van der Waals surface area contributed by atoms with Gasteiger partial charge in [-0.2, -0.15) is 0 Å². The molecule has 1 atom stereocenters. The van der Waals surface area contributed by atoms with Crippen molar-refractivity contribution in [3.63, 3.8) is 0 Å². The van der Waals surface area contributed by atoms with Crippen molar-refractivity contribution in [2.75, 3.05) is 18.4 Å². The number of aryl methyl sites for hydroxylation is 1. The summed E-state index contributed by atoms with van der Waals surface area (Å²) >= 11 is 1.46. The summed E-state index contributed by atoms with van der Waals surface area (Å²) in [4.78, 5) is 30.0. The summed E-state index contributed by atoms with van der Waals surface area (Å²) in [7, 11) is 0. The van der Waals surface area contributed by atoms with Crippen molar-refractivity contribution in [3.05, 3.63) is 71.2 Å². The molecule has 8 heteroatoms. The van der Waals surface area contributed by atoms with E-state index in [0.29, 0.717) is 24.6 Å². The van der Waals surface area contributed by atoms with Gasteiger partial charge < -0.3 is 10.2 Å². The van der Waals surface area contributed by atoms with E-state index in [1.807, 2.05) is 36.1 Å². The lowest BCUT2D eigenvalue weighted by Crippen LogP contribution is -2.47. The molecule has 1 aliphatic heterocycles. The molecule has 0 radical (unpaired) electrons. The summed E-state index contributed by atoms with van der Waals surface area (Å²) < 4.78 is 13.4. The molecule has 0 spiro atoms. The van der Waals surface area contributed by atoms with Gasteiger partial charge in [0.1, 0.15) is 17.3 Å². The molecular weight excluding hydrogens is 437 g/mol. The van der Waals surface area contributed by atoms with E-state index >= 15 is 0 Å². The van der Waals surface area contributed by atoms with E-state index in [4.69, 9.17) is 0 Å². The van der Waals surface area contributed by atoms with Gasteiger partial charge in [-0.15, -0.1) is 11.3 Å². The molecule has 0 aliphatic carbocycles. The fourth-order valence-corrected chi connectivity index (χ4v) is 5.17. The number of nitrogens with zero attached hydrogens (tertiary/aromatic N) is 4. The van der Waals surface area contributed by atoms with Crippen molar-refractivity contribution in [1.82, 2.24) is 19.9 Å². The molecule has 4 aromatic rings. The first-order valence-electron chi connectivity index (χ1n) is 11.1. The van der Waals surface area contributed by atoms with Crippen LogP contribution in [0.5, 0.6) is 0 Å². The Balaban J connectivity index is 1.36. The molecule has 33 heavy (non-hydrogen) atoms. The molecule has 6 nitrogen and oxygen atoms in total. The van der Waals surface area contributed by atoms with Gasteiger partial charge >= 0.3 is 0 Å². The minimum Gasteiger partial charge on any atom is -0.367 e. The number of halogens is 1. The van der Waals surface area contributed by atoms with Gasteiger partial charge in [0.15, 0.2) is 0 Å². The quantitative estimate of drug-likeness (QED) is 0.436. The largest absolute Gasteiger partial charge is 0.367 e. The second-order valence-corrected chi connectivity index (χ2v) is 9.39. The summed E-state index contributed by atoms with van der Waals surface area (Å²) in [5, 5.41) is 4.19. The normalized spacial score (nSPS) is 16.2. The molecule has 168 valence electrons. The third kappa shape index (κ3) is 4.57. The number of carbonyl (C=O) groups is 1. The first kappa shape index (κ1) is 21.5. The Morgan fingerprint density at radius 1 is 1.12 bits per heavy atom. The predicted molar refractivity (Wildman–Crippen MR) is 129 cm³/mol. The molecule has 0 bridgehead atoms. The SMILES string of the molecule is Cc1nc(C(=O)N2CCCC[C@@H]2CNc2cnc3ccccc3n2)c(-c2ccc(F)cc2)s1. The van der Waals surface area contributed by atoms with Crippen molar-refractivity contribution in [3.8, 4) is 10.4 Å². The Hall–Kier alpha value is -3.39. The Morgan fingerprint density at radius 2 is 1.91 bits per heavy atom. The lowest BCUT2D eigenvalue weighted by molar-refractivity contribution is 0.0623. The molecule has 2 aromatic carbocycles. The number of amides is 1. The highest BCUT2D eigenvalue weighted by atomic mass is 32.1. The number of benzene rings is 2. The lowest BCUT2D eigenvalue weighted by Gasteiger charge is -2.35. The van der Waals surface area contributed by atoms with Crippen molar-refractivity contribution < 1.29 is 9.18 Å². The Labute approximate surface area is 195 Å². The van der Waals surface area contributed by atoms with E-state index in [-0.39, 0.29) is 17.8 Å². The highest BCUT2D eigenvalue weighted by Crippen LogP contribution is 2.32. The summed E-state index contributed by atoms with van der Waals surface area (Å²) in [6.45, 7) is 3.17. The Kier molecular flexibility index (Phi) is 6.00. The van der Waals surface area contributed by atoms with E-state index in [2.05, 4.69) is 20.3 Å².